The van der Waals surface area contributed by atoms with Crippen molar-refractivity contribution in [1.29, 1.82) is 0 Å². The molecule has 2 N–H and O–H groups in total. The molecule has 112 valence electrons. The van der Waals surface area contributed by atoms with Gasteiger partial charge in [0.1, 0.15) is 0 Å². The molecule has 1 aromatic heterocycles. The van der Waals surface area contributed by atoms with Crippen LogP contribution in [0.25, 0.3) is 0 Å². The van der Waals surface area contributed by atoms with Gasteiger partial charge in [0.15, 0.2) is 5.82 Å². The van der Waals surface area contributed by atoms with Crippen LogP contribution in [0.4, 0.5) is 16.3 Å². The summed E-state index contributed by atoms with van der Waals surface area (Å²) in [5, 5.41) is 9.84. The smallest absolute Gasteiger partial charge is 0.308 e. The van der Waals surface area contributed by atoms with Gasteiger partial charge in [-0.1, -0.05) is 18.2 Å². The van der Waals surface area contributed by atoms with Gasteiger partial charge >= 0.3 is 6.03 Å². The Hall–Kier alpha value is -2.34. The molecule has 6 heteroatoms. The summed E-state index contributed by atoms with van der Waals surface area (Å²) in [4.78, 5) is 14.0. The molecule has 0 aliphatic rings. The molecule has 2 aromatic rings. The SMILES string of the molecule is Cc1ccccc1NC(=O)Nc1ccn(CCN(C)C)n1. The number of likely N-dealkylation sites (N-methyl/N-ethyl adjacent to an activating group) is 1. The minimum absolute atomic E-state index is 0.290. The molecule has 2 rings (SSSR count). The van der Waals surface area contributed by atoms with Crippen molar-refractivity contribution >= 4 is 17.5 Å². The highest BCUT2D eigenvalue weighted by Crippen LogP contribution is 2.13. The molecular weight excluding hydrogens is 266 g/mol. The van der Waals surface area contributed by atoms with E-state index in [1.807, 2.05) is 56.2 Å². The van der Waals surface area contributed by atoms with Gasteiger partial charge in [0.2, 0.25) is 0 Å². The number of anilines is 2. The summed E-state index contributed by atoms with van der Waals surface area (Å²) in [5.74, 6) is 0.542. The van der Waals surface area contributed by atoms with Crippen molar-refractivity contribution in [1.82, 2.24) is 14.7 Å². The summed E-state index contributed by atoms with van der Waals surface area (Å²) in [6, 6.07) is 9.13. The average Bonchev–Trinajstić information content (AvgIpc) is 2.86. The third kappa shape index (κ3) is 4.61. The fourth-order valence-electron chi connectivity index (χ4n) is 1.84. The zero-order valence-electron chi connectivity index (χ0n) is 12.6. The Balaban J connectivity index is 1.90. The van der Waals surface area contributed by atoms with E-state index < -0.39 is 0 Å². The largest absolute Gasteiger partial charge is 0.324 e. The van der Waals surface area contributed by atoms with Crippen molar-refractivity contribution in [3.05, 3.63) is 42.1 Å². The number of rotatable bonds is 5. The summed E-state index contributed by atoms with van der Waals surface area (Å²) in [6.07, 6.45) is 1.85. The molecule has 0 radical (unpaired) electrons. The van der Waals surface area contributed by atoms with Crippen molar-refractivity contribution in [3.63, 3.8) is 0 Å². The molecule has 0 fully saturated rings. The summed E-state index contributed by atoms with van der Waals surface area (Å²) < 4.78 is 1.81. The minimum Gasteiger partial charge on any atom is -0.308 e. The molecule has 0 aliphatic heterocycles. The van der Waals surface area contributed by atoms with Gasteiger partial charge < -0.3 is 10.2 Å². The van der Waals surface area contributed by atoms with Crippen LogP contribution in [0.3, 0.4) is 0 Å². The van der Waals surface area contributed by atoms with Crippen LogP contribution in [0, 0.1) is 6.92 Å². The lowest BCUT2D eigenvalue weighted by Gasteiger charge is -2.09. The molecule has 0 unspecified atom stereocenters. The number of carbonyl (C=O) groups excluding carboxylic acids is 1. The Morgan fingerprint density at radius 2 is 2.00 bits per heavy atom. The van der Waals surface area contributed by atoms with Gasteiger partial charge in [-0.25, -0.2) is 4.79 Å². The second-order valence-electron chi connectivity index (χ2n) is 5.16. The topological polar surface area (TPSA) is 62.2 Å². The highest BCUT2D eigenvalue weighted by molar-refractivity contribution is 5.99. The first-order valence-electron chi connectivity index (χ1n) is 6.86. The molecular formula is C15H21N5O. The van der Waals surface area contributed by atoms with Gasteiger partial charge in [-0.15, -0.1) is 0 Å². The molecule has 1 heterocycles. The van der Waals surface area contributed by atoms with E-state index in [0.29, 0.717) is 5.82 Å². The summed E-state index contributed by atoms with van der Waals surface area (Å²) in [5.41, 5.74) is 1.81. The monoisotopic (exact) mass is 287 g/mol. The van der Waals surface area contributed by atoms with Gasteiger partial charge in [-0.3, -0.25) is 10.00 Å². The van der Waals surface area contributed by atoms with E-state index in [0.717, 1.165) is 24.3 Å². The maximum atomic E-state index is 11.9. The molecule has 0 bridgehead atoms. The molecule has 1 aromatic carbocycles. The lowest BCUT2D eigenvalue weighted by atomic mass is 10.2. The number of nitrogens with zero attached hydrogens (tertiary/aromatic N) is 3. The number of hydrogen-bond donors (Lipinski definition) is 2. The minimum atomic E-state index is -0.290. The number of nitrogens with one attached hydrogen (secondary N) is 2. The maximum Gasteiger partial charge on any atom is 0.324 e. The molecule has 6 nitrogen and oxygen atoms in total. The Morgan fingerprint density at radius 3 is 2.71 bits per heavy atom. The van der Waals surface area contributed by atoms with Crippen LogP contribution in [-0.2, 0) is 6.54 Å². The standard InChI is InChI=1S/C15H21N5O/c1-12-6-4-5-7-13(12)16-15(21)17-14-8-9-20(18-14)11-10-19(2)3/h4-9H,10-11H2,1-3H3,(H2,16,17,18,21). The predicted molar refractivity (Wildman–Crippen MR) is 84.6 cm³/mol. The molecule has 0 spiro atoms. The Morgan fingerprint density at radius 1 is 1.24 bits per heavy atom. The lowest BCUT2D eigenvalue weighted by Crippen LogP contribution is -2.21. The summed E-state index contributed by atoms with van der Waals surface area (Å²) in [7, 11) is 4.02. The van der Waals surface area contributed by atoms with Gasteiger partial charge in [0.05, 0.1) is 6.54 Å². The van der Waals surface area contributed by atoms with Gasteiger partial charge in [0.25, 0.3) is 0 Å². The van der Waals surface area contributed by atoms with Gasteiger partial charge in [-0.2, -0.15) is 5.10 Å². The normalized spacial score (nSPS) is 10.7. The van der Waals surface area contributed by atoms with E-state index in [2.05, 4.69) is 20.6 Å². The zero-order chi connectivity index (χ0) is 15.2. The molecule has 0 aliphatic carbocycles. The fourth-order valence-corrected chi connectivity index (χ4v) is 1.84. The highest BCUT2D eigenvalue weighted by Gasteiger charge is 2.06. The van der Waals surface area contributed by atoms with Crippen molar-refractivity contribution in [2.24, 2.45) is 0 Å². The number of amides is 2. The van der Waals surface area contributed by atoms with Crippen LogP contribution in [0.15, 0.2) is 36.5 Å². The van der Waals surface area contributed by atoms with Crippen LogP contribution in [-0.4, -0.2) is 41.4 Å². The van der Waals surface area contributed by atoms with E-state index in [1.165, 1.54) is 0 Å². The van der Waals surface area contributed by atoms with Crippen LogP contribution in [0.2, 0.25) is 0 Å². The van der Waals surface area contributed by atoms with E-state index in [1.54, 1.807) is 6.07 Å². The zero-order valence-corrected chi connectivity index (χ0v) is 12.6. The van der Waals surface area contributed by atoms with Crippen molar-refractivity contribution < 1.29 is 4.79 Å². The van der Waals surface area contributed by atoms with Crippen LogP contribution in [0.1, 0.15) is 5.56 Å². The molecule has 21 heavy (non-hydrogen) atoms. The van der Waals surface area contributed by atoms with Gasteiger partial charge in [0, 0.05) is 24.5 Å². The molecule has 0 saturated heterocycles. The van der Waals surface area contributed by atoms with Crippen LogP contribution in [0.5, 0.6) is 0 Å². The highest BCUT2D eigenvalue weighted by atomic mass is 16.2. The number of aromatic nitrogens is 2. The molecule has 0 saturated carbocycles. The van der Waals surface area contributed by atoms with E-state index in [4.69, 9.17) is 0 Å². The first-order valence-corrected chi connectivity index (χ1v) is 6.86. The van der Waals surface area contributed by atoms with E-state index in [9.17, 15) is 4.79 Å². The number of benzene rings is 1. The van der Waals surface area contributed by atoms with Crippen molar-refractivity contribution in [2.75, 3.05) is 31.3 Å². The summed E-state index contributed by atoms with van der Waals surface area (Å²) in [6.45, 7) is 3.64. The van der Waals surface area contributed by atoms with Crippen LogP contribution >= 0.6 is 0 Å². The average molecular weight is 287 g/mol. The van der Waals surface area contributed by atoms with Crippen LogP contribution < -0.4 is 10.6 Å². The number of para-hydroxylation sites is 1. The fraction of sp³-hybridized carbons (Fsp3) is 0.333. The molecule has 2 amide bonds. The first-order chi connectivity index (χ1) is 10.0. The third-order valence-electron chi connectivity index (χ3n) is 3.05. The number of urea groups is 1. The Bertz CT molecular complexity index is 606. The van der Waals surface area contributed by atoms with Gasteiger partial charge in [-0.05, 0) is 32.6 Å². The number of aryl methyl sites for hydroxylation is 1. The van der Waals surface area contributed by atoms with Crippen molar-refractivity contribution in [3.8, 4) is 0 Å². The molecule has 0 atom stereocenters. The lowest BCUT2D eigenvalue weighted by molar-refractivity contribution is 0.262. The second-order valence-corrected chi connectivity index (χ2v) is 5.16. The van der Waals surface area contributed by atoms with E-state index in [-0.39, 0.29) is 6.03 Å². The second kappa shape index (κ2) is 6.90. The summed E-state index contributed by atoms with van der Waals surface area (Å²) >= 11 is 0. The predicted octanol–water partition coefficient (Wildman–Crippen LogP) is 2.40. The third-order valence-corrected chi connectivity index (χ3v) is 3.05. The quantitative estimate of drug-likeness (QED) is 0.887. The first kappa shape index (κ1) is 15.1. The number of hydrogen-bond acceptors (Lipinski definition) is 3. The maximum absolute atomic E-state index is 11.9. The Kier molecular flexibility index (Phi) is 4.94. The Labute approximate surface area is 124 Å². The van der Waals surface area contributed by atoms with E-state index >= 15 is 0 Å². The number of carbonyl (C=O) groups is 1. The van der Waals surface area contributed by atoms with Crippen molar-refractivity contribution in [2.45, 2.75) is 13.5 Å².